The molecule has 4 heteroatoms. The minimum Gasteiger partial charge on any atom is -0.457 e. The van der Waals surface area contributed by atoms with Crippen LogP contribution in [0.5, 0.6) is 0 Å². The lowest BCUT2D eigenvalue weighted by atomic mass is 10.1. The zero-order valence-electron chi connectivity index (χ0n) is 8.86. The smallest absolute Gasteiger partial charge is 0.338 e. The molecule has 0 aliphatic carbocycles. The van der Waals surface area contributed by atoms with Crippen LogP contribution in [0.3, 0.4) is 0 Å². The minimum absolute atomic E-state index is 0.242. The van der Waals surface area contributed by atoms with E-state index in [0.717, 1.165) is 27.5 Å². The number of pyridine rings is 1. The maximum atomic E-state index is 11.5. The molecule has 1 aliphatic heterocycles. The van der Waals surface area contributed by atoms with Crippen molar-refractivity contribution in [2.24, 2.45) is 0 Å². The Labute approximate surface area is 96.2 Å². The van der Waals surface area contributed by atoms with Gasteiger partial charge in [-0.1, -0.05) is 0 Å². The first-order valence-electron chi connectivity index (χ1n) is 5.40. The summed E-state index contributed by atoms with van der Waals surface area (Å²) in [6, 6.07) is 7.60. The molecule has 0 spiro atoms. The maximum absolute atomic E-state index is 11.5. The van der Waals surface area contributed by atoms with Crippen molar-refractivity contribution in [3.8, 4) is 0 Å². The van der Waals surface area contributed by atoms with Gasteiger partial charge in [-0.15, -0.1) is 0 Å². The quantitative estimate of drug-likeness (QED) is 0.596. The van der Waals surface area contributed by atoms with Gasteiger partial charge in [-0.3, -0.25) is 4.98 Å². The number of carbonyl (C=O) groups is 1. The second-order valence-electron chi connectivity index (χ2n) is 4.11. The second kappa shape index (κ2) is 2.85. The molecule has 3 aromatic rings. The number of esters is 1. The number of carbonyl (C=O) groups excluding carboxylic acids is 1. The van der Waals surface area contributed by atoms with E-state index < -0.39 is 0 Å². The highest BCUT2D eigenvalue weighted by atomic mass is 16.5. The van der Waals surface area contributed by atoms with Crippen molar-refractivity contribution in [2.75, 3.05) is 0 Å². The summed E-state index contributed by atoms with van der Waals surface area (Å²) in [7, 11) is 0. The summed E-state index contributed by atoms with van der Waals surface area (Å²) in [5, 5.41) is 1.04. The number of hydrogen-bond donors (Lipinski definition) is 1. The SMILES string of the molecule is O=C1OCc2c1ccc1c2[nH]c2cccnc21. The molecule has 0 saturated heterocycles. The van der Waals surface area contributed by atoms with Crippen molar-refractivity contribution >= 4 is 27.9 Å². The topological polar surface area (TPSA) is 55.0 Å². The van der Waals surface area contributed by atoms with Gasteiger partial charge in [-0.05, 0) is 24.3 Å². The van der Waals surface area contributed by atoms with E-state index in [1.807, 2.05) is 24.3 Å². The third-order valence-electron chi connectivity index (χ3n) is 3.20. The average molecular weight is 224 g/mol. The Hall–Kier alpha value is -2.36. The fraction of sp³-hybridized carbons (Fsp3) is 0.0769. The molecular formula is C13H8N2O2. The van der Waals surface area contributed by atoms with E-state index in [1.54, 1.807) is 6.20 Å². The fourth-order valence-electron chi connectivity index (χ4n) is 2.40. The van der Waals surface area contributed by atoms with Crippen molar-refractivity contribution < 1.29 is 9.53 Å². The number of fused-ring (bicyclic) bond motifs is 5. The van der Waals surface area contributed by atoms with Crippen molar-refractivity contribution in [1.82, 2.24) is 9.97 Å². The van der Waals surface area contributed by atoms with Crippen LogP contribution in [0.4, 0.5) is 0 Å². The number of aromatic amines is 1. The van der Waals surface area contributed by atoms with Gasteiger partial charge in [-0.2, -0.15) is 0 Å². The predicted molar refractivity (Wildman–Crippen MR) is 62.7 cm³/mol. The van der Waals surface area contributed by atoms with Crippen LogP contribution in [-0.4, -0.2) is 15.9 Å². The molecular weight excluding hydrogens is 216 g/mol. The van der Waals surface area contributed by atoms with Gasteiger partial charge < -0.3 is 9.72 Å². The van der Waals surface area contributed by atoms with Crippen molar-refractivity contribution in [2.45, 2.75) is 6.61 Å². The van der Waals surface area contributed by atoms with Gasteiger partial charge in [0.2, 0.25) is 0 Å². The van der Waals surface area contributed by atoms with Crippen LogP contribution < -0.4 is 0 Å². The molecule has 2 aromatic heterocycles. The number of ether oxygens (including phenoxy) is 1. The molecule has 82 valence electrons. The summed E-state index contributed by atoms with van der Waals surface area (Å²) in [5.41, 5.74) is 4.47. The molecule has 17 heavy (non-hydrogen) atoms. The van der Waals surface area contributed by atoms with Gasteiger partial charge in [0, 0.05) is 17.1 Å². The molecule has 1 N–H and O–H groups in total. The molecule has 0 fully saturated rings. The van der Waals surface area contributed by atoms with Gasteiger partial charge >= 0.3 is 5.97 Å². The summed E-state index contributed by atoms with van der Waals surface area (Å²) < 4.78 is 5.05. The Kier molecular flexibility index (Phi) is 1.47. The zero-order chi connectivity index (χ0) is 11.4. The molecule has 4 rings (SSSR count). The van der Waals surface area contributed by atoms with E-state index in [2.05, 4.69) is 9.97 Å². The second-order valence-corrected chi connectivity index (χ2v) is 4.11. The molecule has 0 amide bonds. The van der Waals surface area contributed by atoms with Crippen LogP contribution in [0.1, 0.15) is 15.9 Å². The Morgan fingerprint density at radius 3 is 3.18 bits per heavy atom. The minimum atomic E-state index is -0.242. The van der Waals surface area contributed by atoms with Crippen LogP contribution in [0.15, 0.2) is 30.5 Å². The highest BCUT2D eigenvalue weighted by molar-refractivity contribution is 6.09. The van der Waals surface area contributed by atoms with Crippen LogP contribution in [0.2, 0.25) is 0 Å². The van der Waals surface area contributed by atoms with Crippen LogP contribution in [-0.2, 0) is 11.3 Å². The average Bonchev–Trinajstić information content (AvgIpc) is 2.90. The highest BCUT2D eigenvalue weighted by Gasteiger charge is 2.24. The van der Waals surface area contributed by atoms with Gasteiger partial charge in [0.1, 0.15) is 6.61 Å². The van der Waals surface area contributed by atoms with Gasteiger partial charge in [0.05, 0.1) is 22.1 Å². The van der Waals surface area contributed by atoms with Crippen LogP contribution >= 0.6 is 0 Å². The van der Waals surface area contributed by atoms with Gasteiger partial charge in [0.15, 0.2) is 0 Å². The first-order valence-corrected chi connectivity index (χ1v) is 5.40. The molecule has 1 aliphatic rings. The van der Waals surface area contributed by atoms with E-state index in [9.17, 15) is 4.79 Å². The number of nitrogens with zero attached hydrogens (tertiary/aromatic N) is 1. The number of cyclic esters (lactones) is 1. The Morgan fingerprint density at radius 1 is 1.29 bits per heavy atom. The molecule has 1 aromatic carbocycles. The van der Waals surface area contributed by atoms with E-state index in [4.69, 9.17) is 4.74 Å². The molecule has 0 radical (unpaired) electrons. The summed E-state index contributed by atoms with van der Waals surface area (Å²) >= 11 is 0. The lowest BCUT2D eigenvalue weighted by Gasteiger charge is -1.95. The number of rotatable bonds is 0. The molecule has 0 bridgehead atoms. The van der Waals surface area contributed by atoms with Crippen LogP contribution in [0.25, 0.3) is 21.9 Å². The van der Waals surface area contributed by atoms with E-state index in [1.165, 1.54) is 0 Å². The van der Waals surface area contributed by atoms with Crippen molar-refractivity contribution in [3.05, 3.63) is 41.6 Å². The Balaban J connectivity index is 2.22. The van der Waals surface area contributed by atoms with E-state index in [-0.39, 0.29) is 5.97 Å². The molecule has 0 saturated carbocycles. The third-order valence-corrected chi connectivity index (χ3v) is 3.20. The highest BCUT2D eigenvalue weighted by Crippen LogP contribution is 2.31. The Bertz CT molecular complexity index is 774. The number of nitrogens with one attached hydrogen (secondary N) is 1. The largest absolute Gasteiger partial charge is 0.457 e. The first kappa shape index (κ1) is 8.75. The summed E-state index contributed by atoms with van der Waals surface area (Å²) in [4.78, 5) is 19.1. The standard InChI is InChI=1S/C13H8N2O2/c16-13-7-3-4-8-11(9(7)6-17-13)15-10-2-1-5-14-12(8)10/h1-5,15H,6H2. The lowest BCUT2D eigenvalue weighted by molar-refractivity contribution is 0.0535. The summed E-state index contributed by atoms with van der Waals surface area (Å²) in [6.45, 7) is 0.346. The van der Waals surface area contributed by atoms with E-state index in [0.29, 0.717) is 12.2 Å². The maximum Gasteiger partial charge on any atom is 0.338 e. The summed E-state index contributed by atoms with van der Waals surface area (Å²) in [6.07, 6.45) is 1.77. The summed E-state index contributed by atoms with van der Waals surface area (Å²) in [5.74, 6) is -0.242. The third kappa shape index (κ3) is 1.02. The molecule has 0 atom stereocenters. The van der Waals surface area contributed by atoms with Crippen molar-refractivity contribution in [1.29, 1.82) is 0 Å². The number of hydrogen-bond acceptors (Lipinski definition) is 3. The van der Waals surface area contributed by atoms with Gasteiger partial charge in [-0.25, -0.2) is 4.79 Å². The number of aromatic nitrogens is 2. The molecule has 4 nitrogen and oxygen atoms in total. The Morgan fingerprint density at radius 2 is 2.24 bits per heavy atom. The monoisotopic (exact) mass is 224 g/mol. The van der Waals surface area contributed by atoms with E-state index >= 15 is 0 Å². The number of H-pyrrole nitrogens is 1. The zero-order valence-corrected chi connectivity index (χ0v) is 8.86. The van der Waals surface area contributed by atoms with Crippen molar-refractivity contribution in [3.63, 3.8) is 0 Å². The number of benzene rings is 1. The van der Waals surface area contributed by atoms with Crippen LogP contribution in [0, 0.1) is 0 Å². The lowest BCUT2D eigenvalue weighted by Crippen LogP contribution is -1.92. The first-order chi connectivity index (χ1) is 8.34. The normalized spacial score (nSPS) is 14.2. The van der Waals surface area contributed by atoms with Gasteiger partial charge in [0.25, 0.3) is 0 Å². The molecule has 0 unspecified atom stereocenters. The predicted octanol–water partition coefficient (Wildman–Crippen LogP) is 2.39. The fourth-order valence-corrected chi connectivity index (χ4v) is 2.40. The molecule has 3 heterocycles.